The van der Waals surface area contributed by atoms with E-state index in [4.69, 9.17) is 11.1 Å². The van der Waals surface area contributed by atoms with Crippen LogP contribution in [-0.4, -0.2) is 35.4 Å². The first kappa shape index (κ1) is 12.2. The summed E-state index contributed by atoms with van der Waals surface area (Å²) in [6.45, 7) is 0.582. The van der Waals surface area contributed by atoms with Crippen molar-refractivity contribution in [1.82, 2.24) is 10.2 Å². The molecule has 5 nitrogen and oxygen atoms in total. The minimum atomic E-state index is 0.0423. The van der Waals surface area contributed by atoms with E-state index < -0.39 is 0 Å². The van der Waals surface area contributed by atoms with E-state index in [2.05, 4.69) is 5.32 Å². The van der Waals surface area contributed by atoms with Crippen LogP contribution in [0.25, 0.3) is 0 Å². The van der Waals surface area contributed by atoms with Crippen LogP contribution in [0.1, 0.15) is 44.9 Å². The number of carbonyl (C=O) groups is 1. The van der Waals surface area contributed by atoms with Crippen LogP contribution in [0.15, 0.2) is 0 Å². The molecule has 0 aromatic carbocycles. The van der Waals surface area contributed by atoms with Gasteiger partial charge in [0.25, 0.3) is 0 Å². The molecule has 96 valence electrons. The van der Waals surface area contributed by atoms with Gasteiger partial charge in [-0.3, -0.25) is 5.41 Å². The first-order valence-electron chi connectivity index (χ1n) is 6.57. The fourth-order valence-corrected chi connectivity index (χ4v) is 2.40. The number of hydrogen-bond acceptors (Lipinski definition) is 2. The van der Waals surface area contributed by atoms with Gasteiger partial charge in [0.05, 0.1) is 5.84 Å². The van der Waals surface area contributed by atoms with Gasteiger partial charge in [-0.1, -0.05) is 12.8 Å². The zero-order chi connectivity index (χ0) is 12.3. The number of hydrogen-bond donors (Lipinski definition) is 3. The van der Waals surface area contributed by atoms with Crippen LogP contribution >= 0.6 is 0 Å². The summed E-state index contributed by atoms with van der Waals surface area (Å²) in [7, 11) is 0. The average molecular weight is 238 g/mol. The lowest BCUT2D eigenvalue weighted by Crippen LogP contribution is -2.46. The van der Waals surface area contributed by atoms with Crippen molar-refractivity contribution in [3.05, 3.63) is 0 Å². The van der Waals surface area contributed by atoms with Crippen LogP contribution in [0.2, 0.25) is 0 Å². The average Bonchev–Trinajstić information content (AvgIpc) is 2.97. The molecule has 4 N–H and O–H groups in total. The summed E-state index contributed by atoms with van der Waals surface area (Å²) in [5.74, 6) is 0.157. The van der Waals surface area contributed by atoms with Crippen molar-refractivity contribution in [2.75, 3.05) is 6.54 Å². The van der Waals surface area contributed by atoms with Crippen LogP contribution in [0.3, 0.4) is 0 Å². The van der Waals surface area contributed by atoms with E-state index in [9.17, 15) is 4.79 Å². The highest BCUT2D eigenvalue weighted by Crippen LogP contribution is 2.27. The number of amides is 2. The highest BCUT2D eigenvalue weighted by molar-refractivity contribution is 5.79. The number of amidine groups is 1. The Morgan fingerprint density at radius 2 is 1.94 bits per heavy atom. The highest BCUT2D eigenvalue weighted by Gasteiger charge is 2.33. The molecule has 0 heterocycles. The van der Waals surface area contributed by atoms with Gasteiger partial charge in [-0.2, -0.15) is 0 Å². The maximum Gasteiger partial charge on any atom is 0.317 e. The van der Waals surface area contributed by atoms with Crippen molar-refractivity contribution < 1.29 is 4.79 Å². The van der Waals surface area contributed by atoms with Gasteiger partial charge in [0.1, 0.15) is 0 Å². The van der Waals surface area contributed by atoms with E-state index in [1.54, 1.807) is 0 Å². The van der Waals surface area contributed by atoms with E-state index >= 15 is 0 Å². The molecule has 2 amide bonds. The molecule has 0 aliphatic heterocycles. The first-order valence-corrected chi connectivity index (χ1v) is 6.57. The standard InChI is InChI=1S/C12H22N4O/c13-11(14)7-8-16(10-5-6-10)12(17)15-9-3-1-2-4-9/h9-10H,1-8H2,(H3,13,14)(H,15,17). The number of nitrogens with one attached hydrogen (secondary N) is 2. The van der Waals surface area contributed by atoms with Gasteiger partial charge in [-0.25, -0.2) is 4.79 Å². The van der Waals surface area contributed by atoms with Gasteiger partial charge in [0, 0.05) is 25.0 Å². The van der Waals surface area contributed by atoms with Gasteiger partial charge < -0.3 is 16.0 Å². The fraction of sp³-hybridized carbons (Fsp3) is 0.833. The molecule has 17 heavy (non-hydrogen) atoms. The van der Waals surface area contributed by atoms with Gasteiger partial charge in [0.2, 0.25) is 0 Å². The monoisotopic (exact) mass is 238 g/mol. The molecule has 0 spiro atoms. The Kier molecular flexibility index (Phi) is 3.86. The van der Waals surface area contributed by atoms with Crippen LogP contribution < -0.4 is 11.1 Å². The Hall–Kier alpha value is -1.26. The molecule has 2 aliphatic rings. The molecule has 0 aromatic heterocycles. The Morgan fingerprint density at radius 3 is 2.47 bits per heavy atom. The van der Waals surface area contributed by atoms with Crippen LogP contribution in [0, 0.1) is 5.41 Å². The Balaban J connectivity index is 1.81. The lowest BCUT2D eigenvalue weighted by molar-refractivity contribution is 0.192. The highest BCUT2D eigenvalue weighted by atomic mass is 16.2. The molecule has 5 heteroatoms. The minimum absolute atomic E-state index is 0.0423. The van der Waals surface area contributed by atoms with Crippen molar-refractivity contribution in [3.8, 4) is 0 Å². The molecule has 2 fully saturated rings. The number of rotatable bonds is 5. The van der Waals surface area contributed by atoms with E-state index in [1.807, 2.05) is 4.90 Å². The third-order valence-corrected chi connectivity index (χ3v) is 3.55. The van der Waals surface area contributed by atoms with E-state index in [1.165, 1.54) is 12.8 Å². The number of carbonyl (C=O) groups excluding carboxylic acids is 1. The predicted octanol–water partition coefficient (Wildman–Crippen LogP) is 1.43. The summed E-state index contributed by atoms with van der Waals surface area (Å²) in [5.41, 5.74) is 5.35. The van der Waals surface area contributed by atoms with Crippen molar-refractivity contribution in [2.45, 2.75) is 57.0 Å². The second kappa shape index (κ2) is 5.38. The number of nitrogens with zero attached hydrogens (tertiary/aromatic N) is 1. The molecule has 2 aliphatic carbocycles. The largest absolute Gasteiger partial charge is 0.388 e. The quantitative estimate of drug-likeness (QED) is 0.500. The molecule has 0 unspecified atom stereocenters. The predicted molar refractivity (Wildman–Crippen MR) is 67.0 cm³/mol. The summed E-state index contributed by atoms with van der Waals surface area (Å²) in [6.07, 6.45) is 7.33. The summed E-state index contributed by atoms with van der Waals surface area (Å²) >= 11 is 0. The normalized spacial score (nSPS) is 20.2. The molecular formula is C12H22N4O. The van der Waals surface area contributed by atoms with E-state index in [-0.39, 0.29) is 11.9 Å². The summed E-state index contributed by atoms with van der Waals surface area (Å²) < 4.78 is 0. The second-order valence-electron chi connectivity index (χ2n) is 5.13. The smallest absolute Gasteiger partial charge is 0.317 e. The zero-order valence-electron chi connectivity index (χ0n) is 10.2. The van der Waals surface area contributed by atoms with Gasteiger partial charge in [0.15, 0.2) is 0 Å². The molecule has 0 bridgehead atoms. The Labute approximate surface area is 102 Å². The van der Waals surface area contributed by atoms with Crippen molar-refractivity contribution in [1.29, 1.82) is 5.41 Å². The van der Waals surface area contributed by atoms with Crippen LogP contribution in [0.5, 0.6) is 0 Å². The minimum Gasteiger partial charge on any atom is -0.388 e. The van der Waals surface area contributed by atoms with E-state index in [0.29, 0.717) is 25.0 Å². The molecule has 0 atom stereocenters. The van der Waals surface area contributed by atoms with Crippen molar-refractivity contribution in [3.63, 3.8) is 0 Å². The molecule has 0 saturated heterocycles. The molecule has 0 radical (unpaired) electrons. The zero-order valence-corrected chi connectivity index (χ0v) is 10.2. The number of nitrogens with two attached hydrogens (primary N) is 1. The summed E-state index contributed by atoms with van der Waals surface area (Å²) in [5, 5.41) is 10.3. The first-order chi connectivity index (χ1) is 8.16. The summed E-state index contributed by atoms with van der Waals surface area (Å²) in [6, 6.07) is 0.789. The number of urea groups is 1. The molecule has 0 aromatic rings. The lowest BCUT2D eigenvalue weighted by Gasteiger charge is -2.24. The summed E-state index contributed by atoms with van der Waals surface area (Å²) in [4.78, 5) is 14.0. The second-order valence-corrected chi connectivity index (χ2v) is 5.13. The maximum atomic E-state index is 12.1. The van der Waals surface area contributed by atoms with Gasteiger partial charge in [-0.15, -0.1) is 0 Å². The lowest BCUT2D eigenvalue weighted by atomic mass is 10.2. The van der Waals surface area contributed by atoms with Gasteiger partial charge in [-0.05, 0) is 25.7 Å². The Bertz CT molecular complexity index is 295. The van der Waals surface area contributed by atoms with E-state index in [0.717, 1.165) is 25.7 Å². The van der Waals surface area contributed by atoms with Crippen LogP contribution in [-0.2, 0) is 0 Å². The third kappa shape index (κ3) is 3.61. The van der Waals surface area contributed by atoms with Gasteiger partial charge >= 0.3 is 6.03 Å². The van der Waals surface area contributed by atoms with Crippen molar-refractivity contribution >= 4 is 11.9 Å². The fourth-order valence-electron chi connectivity index (χ4n) is 2.40. The third-order valence-electron chi connectivity index (χ3n) is 3.55. The topological polar surface area (TPSA) is 82.2 Å². The van der Waals surface area contributed by atoms with Crippen LogP contribution in [0.4, 0.5) is 4.79 Å². The molecule has 2 rings (SSSR count). The SMILES string of the molecule is N=C(N)CCN(C(=O)NC1CCCC1)C1CC1. The molecular weight excluding hydrogens is 216 g/mol. The molecule has 2 saturated carbocycles. The Morgan fingerprint density at radius 1 is 1.29 bits per heavy atom. The maximum absolute atomic E-state index is 12.1. The van der Waals surface area contributed by atoms with Crippen molar-refractivity contribution in [2.24, 2.45) is 5.73 Å².